The summed E-state index contributed by atoms with van der Waals surface area (Å²) in [6, 6.07) is 14.0. The Bertz CT molecular complexity index is 566. The second kappa shape index (κ2) is 7.00. The molecule has 0 aliphatic rings. The maximum atomic E-state index is 13.2. The minimum absolute atomic E-state index is 0.225. The molecule has 1 N–H and O–H groups in total. The van der Waals surface area contributed by atoms with E-state index < -0.39 is 0 Å². The Morgan fingerprint density at radius 2 is 1.75 bits per heavy atom. The molecule has 0 aromatic heterocycles. The summed E-state index contributed by atoms with van der Waals surface area (Å²) in [7, 11) is 0. The molecule has 1 nitrogen and oxygen atoms in total. The third-order valence-electron chi connectivity index (χ3n) is 3.48. The number of nitrogens with one attached hydrogen (secondary N) is 1. The van der Waals surface area contributed by atoms with Gasteiger partial charge in [0.1, 0.15) is 5.82 Å². The highest BCUT2D eigenvalue weighted by atomic mass is 79.9. The molecule has 2 rings (SSSR count). The lowest BCUT2D eigenvalue weighted by Crippen LogP contribution is -2.18. The monoisotopic (exact) mass is 335 g/mol. The molecular weight excluding hydrogens is 317 g/mol. The van der Waals surface area contributed by atoms with Crippen LogP contribution in [0.2, 0.25) is 0 Å². The first-order chi connectivity index (χ1) is 9.60. The van der Waals surface area contributed by atoms with Gasteiger partial charge in [0.05, 0.1) is 4.47 Å². The molecule has 0 spiro atoms. The van der Waals surface area contributed by atoms with Crippen LogP contribution in [0.25, 0.3) is 0 Å². The average molecular weight is 336 g/mol. The van der Waals surface area contributed by atoms with Crippen molar-refractivity contribution in [2.24, 2.45) is 0 Å². The van der Waals surface area contributed by atoms with Gasteiger partial charge in [-0.3, -0.25) is 0 Å². The van der Waals surface area contributed by atoms with E-state index >= 15 is 0 Å². The highest BCUT2D eigenvalue weighted by Gasteiger charge is 2.06. The first kappa shape index (κ1) is 15.2. The number of benzene rings is 2. The predicted molar refractivity (Wildman–Crippen MR) is 85.2 cm³/mol. The molecule has 1 unspecified atom stereocenters. The van der Waals surface area contributed by atoms with E-state index in [1.54, 1.807) is 6.07 Å². The quantitative estimate of drug-likeness (QED) is 0.810. The van der Waals surface area contributed by atoms with Gasteiger partial charge in [0.2, 0.25) is 0 Å². The zero-order chi connectivity index (χ0) is 14.5. The molecule has 0 bridgehead atoms. The van der Waals surface area contributed by atoms with Gasteiger partial charge >= 0.3 is 0 Å². The van der Waals surface area contributed by atoms with Crippen LogP contribution in [-0.2, 0) is 13.0 Å². The van der Waals surface area contributed by atoms with Crippen LogP contribution >= 0.6 is 15.9 Å². The molecule has 0 amide bonds. The van der Waals surface area contributed by atoms with Crippen LogP contribution in [0.15, 0.2) is 46.9 Å². The zero-order valence-electron chi connectivity index (χ0n) is 11.8. The van der Waals surface area contributed by atoms with Gasteiger partial charge in [0.15, 0.2) is 0 Å². The van der Waals surface area contributed by atoms with Gasteiger partial charge in [-0.2, -0.15) is 0 Å². The Balaban J connectivity index is 1.96. The smallest absolute Gasteiger partial charge is 0.137 e. The number of rotatable bonds is 5. The molecule has 0 fully saturated rings. The molecule has 20 heavy (non-hydrogen) atoms. The lowest BCUT2D eigenvalue weighted by molar-refractivity contribution is 0.572. The van der Waals surface area contributed by atoms with E-state index in [0.717, 1.165) is 18.5 Å². The van der Waals surface area contributed by atoms with Crippen LogP contribution < -0.4 is 5.32 Å². The molecule has 3 heteroatoms. The maximum absolute atomic E-state index is 13.2. The van der Waals surface area contributed by atoms with Crippen LogP contribution in [-0.4, -0.2) is 0 Å². The van der Waals surface area contributed by atoms with Gasteiger partial charge in [-0.05, 0) is 58.1 Å². The van der Waals surface area contributed by atoms with Gasteiger partial charge in [0, 0.05) is 12.6 Å². The molecule has 0 saturated heterocycles. The van der Waals surface area contributed by atoms with Crippen molar-refractivity contribution in [2.75, 3.05) is 0 Å². The summed E-state index contributed by atoms with van der Waals surface area (Å²) >= 11 is 3.21. The van der Waals surface area contributed by atoms with Gasteiger partial charge in [-0.15, -0.1) is 0 Å². The van der Waals surface area contributed by atoms with Crippen molar-refractivity contribution >= 4 is 15.9 Å². The Morgan fingerprint density at radius 1 is 1.10 bits per heavy atom. The number of hydrogen-bond acceptors (Lipinski definition) is 1. The van der Waals surface area contributed by atoms with Crippen LogP contribution in [0.5, 0.6) is 0 Å². The topological polar surface area (TPSA) is 12.0 Å². The third kappa shape index (κ3) is 3.90. The Labute approximate surface area is 128 Å². The van der Waals surface area contributed by atoms with E-state index in [2.05, 4.69) is 59.4 Å². The largest absolute Gasteiger partial charge is 0.306 e. The van der Waals surface area contributed by atoms with Crippen molar-refractivity contribution in [2.45, 2.75) is 32.9 Å². The molecule has 106 valence electrons. The number of aryl methyl sites for hydroxylation is 1. The van der Waals surface area contributed by atoms with Crippen molar-refractivity contribution in [1.82, 2.24) is 5.32 Å². The highest BCUT2D eigenvalue weighted by molar-refractivity contribution is 9.10. The minimum Gasteiger partial charge on any atom is -0.306 e. The molecule has 0 aliphatic carbocycles. The van der Waals surface area contributed by atoms with E-state index in [1.165, 1.54) is 17.2 Å². The summed E-state index contributed by atoms with van der Waals surface area (Å²) in [5.74, 6) is -0.225. The maximum Gasteiger partial charge on any atom is 0.137 e. The fraction of sp³-hybridized carbons (Fsp3) is 0.294. The van der Waals surface area contributed by atoms with Gasteiger partial charge in [0.25, 0.3) is 0 Å². The van der Waals surface area contributed by atoms with Crippen LogP contribution in [0.4, 0.5) is 4.39 Å². The summed E-state index contributed by atoms with van der Waals surface area (Å²) in [6.07, 6.45) is 1.06. The molecule has 0 heterocycles. The molecular formula is C17H19BrFN. The predicted octanol–water partition coefficient (Wildman–Crippen LogP) is 5.00. The average Bonchev–Trinajstić information content (AvgIpc) is 2.48. The zero-order valence-corrected chi connectivity index (χ0v) is 13.4. The summed E-state index contributed by atoms with van der Waals surface area (Å²) < 4.78 is 13.7. The van der Waals surface area contributed by atoms with Gasteiger partial charge < -0.3 is 5.32 Å². The first-order valence-corrected chi connectivity index (χ1v) is 7.65. The molecule has 0 radical (unpaired) electrons. The van der Waals surface area contributed by atoms with E-state index in [-0.39, 0.29) is 11.9 Å². The van der Waals surface area contributed by atoms with E-state index in [1.807, 2.05) is 6.07 Å². The molecule has 0 saturated carbocycles. The standard InChI is InChI=1S/C17H19BrFN/c1-3-13-4-7-15(8-5-13)12(2)20-11-14-6-9-17(19)16(18)10-14/h4-10,12,20H,3,11H2,1-2H3. The van der Waals surface area contributed by atoms with Crippen molar-refractivity contribution in [3.8, 4) is 0 Å². The van der Waals surface area contributed by atoms with Crippen LogP contribution in [0.3, 0.4) is 0 Å². The second-order valence-electron chi connectivity index (χ2n) is 4.95. The third-order valence-corrected chi connectivity index (χ3v) is 4.09. The fourth-order valence-corrected chi connectivity index (χ4v) is 2.51. The van der Waals surface area contributed by atoms with Crippen molar-refractivity contribution in [3.63, 3.8) is 0 Å². The molecule has 1 atom stereocenters. The Hall–Kier alpha value is -1.19. The number of halogens is 2. The summed E-state index contributed by atoms with van der Waals surface area (Å²) in [4.78, 5) is 0. The highest BCUT2D eigenvalue weighted by Crippen LogP contribution is 2.18. The van der Waals surface area contributed by atoms with Crippen molar-refractivity contribution < 1.29 is 4.39 Å². The van der Waals surface area contributed by atoms with Gasteiger partial charge in [-0.25, -0.2) is 4.39 Å². The normalized spacial score (nSPS) is 12.4. The van der Waals surface area contributed by atoms with Crippen LogP contribution in [0, 0.1) is 5.82 Å². The summed E-state index contributed by atoms with van der Waals surface area (Å²) in [6.45, 7) is 5.01. The van der Waals surface area contributed by atoms with E-state index in [9.17, 15) is 4.39 Å². The molecule has 2 aromatic carbocycles. The Morgan fingerprint density at radius 3 is 2.35 bits per heavy atom. The fourth-order valence-electron chi connectivity index (χ4n) is 2.08. The Kier molecular flexibility index (Phi) is 5.32. The van der Waals surface area contributed by atoms with E-state index in [0.29, 0.717) is 4.47 Å². The SMILES string of the molecule is CCc1ccc(C(C)NCc2ccc(F)c(Br)c2)cc1. The lowest BCUT2D eigenvalue weighted by Gasteiger charge is -2.15. The first-order valence-electron chi connectivity index (χ1n) is 6.86. The van der Waals surface area contributed by atoms with E-state index in [4.69, 9.17) is 0 Å². The lowest BCUT2D eigenvalue weighted by atomic mass is 10.0. The van der Waals surface area contributed by atoms with Crippen molar-refractivity contribution in [1.29, 1.82) is 0 Å². The molecule has 2 aromatic rings. The minimum atomic E-state index is -0.225. The van der Waals surface area contributed by atoms with Gasteiger partial charge in [-0.1, -0.05) is 37.3 Å². The second-order valence-corrected chi connectivity index (χ2v) is 5.80. The summed E-state index contributed by atoms with van der Waals surface area (Å²) in [5.41, 5.74) is 3.68. The number of hydrogen-bond donors (Lipinski definition) is 1. The summed E-state index contributed by atoms with van der Waals surface area (Å²) in [5, 5.41) is 3.46. The van der Waals surface area contributed by atoms with Crippen LogP contribution in [0.1, 0.15) is 36.6 Å². The van der Waals surface area contributed by atoms with Crippen molar-refractivity contribution in [3.05, 3.63) is 69.4 Å². The molecule has 0 aliphatic heterocycles.